The van der Waals surface area contributed by atoms with Gasteiger partial charge in [0, 0.05) is 25.5 Å². The molecule has 0 amide bonds. The van der Waals surface area contributed by atoms with E-state index < -0.39 is 0 Å². The second-order valence-electron chi connectivity index (χ2n) is 5.86. The summed E-state index contributed by atoms with van der Waals surface area (Å²) in [6.45, 7) is 5.56. The highest BCUT2D eigenvalue weighted by Crippen LogP contribution is 2.16. The summed E-state index contributed by atoms with van der Waals surface area (Å²) >= 11 is 0. The molecule has 0 aliphatic carbocycles. The lowest BCUT2D eigenvalue weighted by atomic mass is 10.1. The smallest absolute Gasteiger partial charge is 0.120 e. The first-order valence-electron chi connectivity index (χ1n) is 7.85. The van der Waals surface area contributed by atoms with Crippen molar-refractivity contribution in [2.24, 2.45) is 5.92 Å². The molecule has 4 heteroatoms. The van der Waals surface area contributed by atoms with Crippen LogP contribution in [0.25, 0.3) is 0 Å². The number of imidazole rings is 1. The van der Waals surface area contributed by atoms with Crippen LogP contribution < -0.4 is 5.32 Å². The van der Waals surface area contributed by atoms with Crippen LogP contribution in [-0.2, 0) is 13.0 Å². The number of H-pyrrole nitrogens is 1. The van der Waals surface area contributed by atoms with E-state index in [2.05, 4.69) is 50.5 Å². The molecule has 0 radical (unpaired) electrons. The summed E-state index contributed by atoms with van der Waals surface area (Å²) in [6.07, 6.45) is 6.14. The van der Waals surface area contributed by atoms with Crippen LogP contribution in [0.1, 0.15) is 17.8 Å². The summed E-state index contributed by atoms with van der Waals surface area (Å²) in [6, 6.07) is 10.8. The minimum atomic E-state index is 0.774. The minimum Gasteiger partial charge on any atom is -0.348 e. The predicted octanol–water partition coefficient (Wildman–Crippen LogP) is 2.06. The molecule has 4 nitrogen and oxygen atoms in total. The van der Waals surface area contributed by atoms with Crippen molar-refractivity contribution in [1.82, 2.24) is 20.2 Å². The van der Waals surface area contributed by atoms with Gasteiger partial charge in [-0.15, -0.1) is 0 Å². The Morgan fingerprint density at radius 1 is 1.29 bits per heavy atom. The van der Waals surface area contributed by atoms with Crippen molar-refractivity contribution in [3.8, 4) is 0 Å². The molecule has 1 atom stereocenters. The van der Waals surface area contributed by atoms with E-state index in [0.717, 1.165) is 31.3 Å². The third-order valence-electron chi connectivity index (χ3n) is 4.21. The summed E-state index contributed by atoms with van der Waals surface area (Å²) in [5.74, 6) is 1.80. The summed E-state index contributed by atoms with van der Waals surface area (Å²) in [5, 5.41) is 3.50. The number of hydrogen-bond donors (Lipinski definition) is 2. The van der Waals surface area contributed by atoms with Crippen LogP contribution in [0.5, 0.6) is 0 Å². The van der Waals surface area contributed by atoms with Gasteiger partial charge >= 0.3 is 0 Å². The van der Waals surface area contributed by atoms with Crippen LogP contribution in [0, 0.1) is 5.92 Å². The lowest BCUT2D eigenvalue weighted by Crippen LogP contribution is -2.27. The normalized spacial score (nSPS) is 19.1. The summed E-state index contributed by atoms with van der Waals surface area (Å²) in [5.41, 5.74) is 1.44. The fraction of sp³-hybridized carbons (Fsp3) is 0.471. The van der Waals surface area contributed by atoms with Gasteiger partial charge in [0.25, 0.3) is 0 Å². The Kier molecular flexibility index (Phi) is 5.03. The van der Waals surface area contributed by atoms with Crippen LogP contribution in [0.3, 0.4) is 0 Å². The molecule has 1 fully saturated rings. The maximum atomic E-state index is 4.23. The van der Waals surface area contributed by atoms with Crippen LogP contribution in [0.15, 0.2) is 42.7 Å². The third-order valence-corrected chi connectivity index (χ3v) is 4.21. The fourth-order valence-corrected chi connectivity index (χ4v) is 3.00. The van der Waals surface area contributed by atoms with Crippen molar-refractivity contribution >= 4 is 0 Å². The molecule has 1 saturated heterocycles. The number of benzene rings is 1. The molecule has 2 heterocycles. The number of hydrogen-bond acceptors (Lipinski definition) is 3. The standard InChI is InChI=1S/C17H24N4/c1-2-4-15(5-3-1)6-10-21-11-7-16(14-21)12-18-13-17-19-8-9-20-17/h1-5,8-9,16,18H,6-7,10-14H2,(H,19,20). The molecular weight excluding hydrogens is 260 g/mol. The van der Waals surface area contributed by atoms with Gasteiger partial charge in [0.1, 0.15) is 5.82 Å². The van der Waals surface area contributed by atoms with Gasteiger partial charge in [0.15, 0.2) is 0 Å². The van der Waals surface area contributed by atoms with Crippen molar-refractivity contribution in [2.45, 2.75) is 19.4 Å². The molecule has 1 aromatic heterocycles. The van der Waals surface area contributed by atoms with Gasteiger partial charge in [-0.2, -0.15) is 0 Å². The number of nitrogens with one attached hydrogen (secondary N) is 2. The molecule has 0 spiro atoms. The molecule has 1 unspecified atom stereocenters. The van der Waals surface area contributed by atoms with Gasteiger partial charge in [-0.05, 0) is 37.4 Å². The number of rotatable bonds is 7. The molecule has 112 valence electrons. The highest BCUT2D eigenvalue weighted by Gasteiger charge is 2.21. The zero-order valence-electron chi connectivity index (χ0n) is 12.5. The lowest BCUT2D eigenvalue weighted by molar-refractivity contribution is 0.325. The average molecular weight is 284 g/mol. The second kappa shape index (κ2) is 7.38. The van der Waals surface area contributed by atoms with Crippen molar-refractivity contribution in [2.75, 3.05) is 26.2 Å². The molecule has 1 aliphatic rings. The van der Waals surface area contributed by atoms with Crippen molar-refractivity contribution < 1.29 is 0 Å². The zero-order valence-corrected chi connectivity index (χ0v) is 12.5. The molecule has 2 N–H and O–H groups in total. The Morgan fingerprint density at radius 3 is 3.00 bits per heavy atom. The van der Waals surface area contributed by atoms with E-state index in [0.29, 0.717) is 0 Å². The Hall–Kier alpha value is -1.65. The molecular formula is C17H24N4. The number of aromatic nitrogens is 2. The van der Waals surface area contributed by atoms with E-state index in [1.54, 1.807) is 6.20 Å². The maximum Gasteiger partial charge on any atom is 0.120 e. The Morgan fingerprint density at radius 2 is 2.19 bits per heavy atom. The second-order valence-corrected chi connectivity index (χ2v) is 5.86. The first kappa shape index (κ1) is 14.3. The van der Waals surface area contributed by atoms with Gasteiger partial charge in [-0.3, -0.25) is 0 Å². The van der Waals surface area contributed by atoms with E-state index in [9.17, 15) is 0 Å². The number of nitrogens with zero attached hydrogens (tertiary/aromatic N) is 2. The van der Waals surface area contributed by atoms with E-state index in [-0.39, 0.29) is 0 Å². The van der Waals surface area contributed by atoms with Gasteiger partial charge < -0.3 is 15.2 Å². The van der Waals surface area contributed by atoms with Crippen LogP contribution in [0.2, 0.25) is 0 Å². The number of likely N-dealkylation sites (tertiary alicyclic amines) is 1. The average Bonchev–Trinajstić information content (AvgIpc) is 3.18. The molecule has 0 bridgehead atoms. The lowest BCUT2D eigenvalue weighted by Gasteiger charge is -2.16. The quantitative estimate of drug-likeness (QED) is 0.818. The van der Waals surface area contributed by atoms with Crippen molar-refractivity contribution in [3.05, 3.63) is 54.1 Å². The highest BCUT2D eigenvalue weighted by atomic mass is 15.1. The monoisotopic (exact) mass is 284 g/mol. The van der Waals surface area contributed by atoms with E-state index in [1.807, 2.05) is 6.20 Å². The van der Waals surface area contributed by atoms with Gasteiger partial charge in [0.05, 0.1) is 6.54 Å². The first-order chi connectivity index (χ1) is 10.4. The largest absolute Gasteiger partial charge is 0.348 e. The third kappa shape index (κ3) is 4.41. The molecule has 1 aromatic carbocycles. The van der Waals surface area contributed by atoms with E-state index in [1.165, 1.54) is 31.6 Å². The topological polar surface area (TPSA) is 44.0 Å². The number of aromatic amines is 1. The minimum absolute atomic E-state index is 0.774. The molecule has 3 rings (SSSR count). The van der Waals surface area contributed by atoms with Crippen molar-refractivity contribution in [1.29, 1.82) is 0 Å². The van der Waals surface area contributed by atoms with Gasteiger partial charge in [-0.1, -0.05) is 30.3 Å². The molecule has 0 saturated carbocycles. The SMILES string of the molecule is c1ccc(CCN2CCC(CNCc3ncc[nH]3)C2)cc1. The van der Waals surface area contributed by atoms with Crippen LogP contribution in [-0.4, -0.2) is 41.0 Å². The Bertz CT molecular complexity index is 509. The zero-order chi connectivity index (χ0) is 14.3. The predicted molar refractivity (Wildman–Crippen MR) is 85.0 cm³/mol. The van der Waals surface area contributed by atoms with E-state index >= 15 is 0 Å². The first-order valence-corrected chi connectivity index (χ1v) is 7.85. The van der Waals surface area contributed by atoms with Gasteiger partial charge in [-0.25, -0.2) is 4.98 Å². The maximum absolute atomic E-state index is 4.23. The molecule has 1 aliphatic heterocycles. The summed E-state index contributed by atoms with van der Waals surface area (Å²) < 4.78 is 0. The highest BCUT2D eigenvalue weighted by molar-refractivity contribution is 5.14. The molecule has 2 aromatic rings. The van der Waals surface area contributed by atoms with Crippen LogP contribution in [0.4, 0.5) is 0 Å². The van der Waals surface area contributed by atoms with Gasteiger partial charge in [0.2, 0.25) is 0 Å². The Labute approximate surface area is 126 Å². The summed E-state index contributed by atoms with van der Waals surface area (Å²) in [7, 11) is 0. The van der Waals surface area contributed by atoms with Crippen molar-refractivity contribution in [3.63, 3.8) is 0 Å². The van der Waals surface area contributed by atoms with E-state index in [4.69, 9.17) is 0 Å². The van der Waals surface area contributed by atoms with Crippen LogP contribution >= 0.6 is 0 Å². The fourth-order valence-electron chi connectivity index (χ4n) is 3.00. The molecule has 21 heavy (non-hydrogen) atoms. The Balaban J connectivity index is 1.33. The summed E-state index contributed by atoms with van der Waals surface area (Å²) in [4.78, 5) is 9.95.